The Bertz CT molecular complexity index is 1450. The monoisotopic (exact) mass is 557 g/mol. The topological polar surface area (TPSA) is 185 Å². The number of nitro benzene ring substituents is 2. The summed E-state index contributed by atoms with van der Waals surface area (Å²) in [5, 5.41) is 21.6. The number of aryl methyl sites for hydroxylation is 2. The van der Waals surface area contributed by atoms with Crippen LogP contribution in [0, 0.1) is 34.1 Å². The molecule has 11 nitrogen and oxygen atoms in total. The number of hydrogen-bond donors (Lipinski definition) is 2. The largest absolute Gasteiger partial charge is 0.370 e. The minimum absolute atomic E-state index is 0.0942. The third kappa shape index (κ3) is 8.30. The van der Waals surface area contributed by atoms with Gasteiger partial charge in [-0.2, -0.15) is 4.99 Å². The summed E-state index contributed by atoms with van der Waals surface area (Å²) in [6.45, 7) is 14.5. The van der Waals surface area contributed by atoms with Crippen LogP contribution in [0.15, 0.2) is 40.4 Å². The molecule has 0 atom stereocenters. The fourth-order valence-corrected chi connectivity index (χ4v) is 3.66. The summed E-state index contributed by atoms with van der Waals surface area (Å²) in [6.07, 6.45) is 0. The fraction of sp³-hybridized carbons (Fsp3) is 0.296. The molecule has 0 radical (unpaired) electrons. The summed E-state index contributed by atoms with van der Waals surface area (Å²) in [7, 11) is 0. The van der Waals surface area contributed by atoms with Gasteiger partial charge in [-0.05, 0) is 101 Å². The fourth-order valence-electron chi connectivity index (χ4n) is 3.45. The quantitative estimate of drug-likeness (QED) is 0.137. The molecule has 2 rings (SSSR count). The highest BCUT2D eigenvalue weighted by molar-refractivity contribution is 6.68. The highest BCUT2D eigenvalue weighted by Crippen LogP contribution is 2.32. The molecule has 0 fully saturated rings. The average Bonchev–Trinajstić information content (AvgIpc) is 2.81. The van der Waals surface area contributed by atoms with E-state index in [4.69, 9.17) is 23.1 Å². The maximum Gasteiger partial charge on any atom is 0.280 e. The molecule has 0 aliphatic heterocycles. The number of hydrogen-bond acceptors (Lipinski definition) is 6. The predicted molar refractivity (Wildman–Crippen MR) is 154 cm³/mol. The second kappa shape index (κ2) is 13.4. The predicted octanol–water partition coefficient (Wildman–Crippen LogP) is 6.23. The molecule has 2 aromatic carbocycles. The second-order valence-electron chi connectivity index (χ2n) is 9.25. The van der Waals surface area contributed by atoms with Gasteiger partial charge in [-0.15, -0.1) is 0 Å². The number of rotatable bonds is 6. The molecule has 0 saturated carbocycles. The van der Waals surface area contributed by atoms with Gasteiger partial charge in [0.2, 0.25) is 0 Å². The van der Waals surface area contributed by atoms with Crippen molar-refractivity contribution >= 4 is 51.2 Å². The molecule has 1 amide bonds. The van der Waals surface area contributed by atoms with Crippen molar-refractivity contribution in [2.45, 2.75) is 55.4 Å². The molecule has 0 spiro atoms. The number of allylic oxidation sites excluding steroid dienone is 4. The van der Waals surface area contributed by atoms with Gasteiger partial charge in [0.1, 0.15) is 0 Å². The van der Waals surface area contributed by atoms with Crippen molar-refractivity contribution in [2.24, 2.45) is 16.5 Å². The Morgan fingerprint density at radius 2 is 1.08 bits per heavy atom. The number of nitro groups is 2. The van der Waals surface area contributed by atoms with E-state index in [1.165, 1.54) is 12.1 Å². The van der Waals surface area contributed by atoms with Crippen LogP contribution in [0.25, 0.3) is 11.1 Å². The van der Waals surface area contributed by atoms with E-state index in [1.807, 2.05) is 34.6 Å². The number of halogens is 1. The molecule has 0 saturated heterocycles. The van der Waals surface area contributed by atoms with Gasteiger partial charge in [0, 0.05) is 17.7 Å². The Kier molecular flexibility index (Phi) is 11.2. The number of carbonyl (C=O) groups is 2. The van der Waals surface area contributed by atoms with Crippen LogP contribution in [0.4, 0.5) is 11.4 Å². The molecule has 4 N–H and O–H groups in total. The summed E-state index contributed by atoms with van der Waals surface area (Å²) < 4.78 is 0. The van der Waals surface area contributed by atoms with Crippen molar-refractivity contribution in [3.63, 3.8) is 0 Å². The van der Waals surface area contributed by atoms with Crippen molar-refractivity contribution < 1.29 is 19.4 Å². The summed E-state index contributed by atoms with van der Waals surface area (Å²) in [5.41, 5.74) is 16.2. The maximum absolute atomic E-state index is 11.9. The SMILES string of the molecule is CC(C)=C(C)c1cc(C)c(C(=O)Cl)cc1[N+](=O)[O-].CC(C)=C(C)c1cc(C)c(C(=O)N=C(N)N)cc1[N+](=O)[O-]. The normalized spacial score (nSPS) is 9.97. The summed E-state index contributed by atoms with van der Waals surface area (Å²) in [6, 6.07) is 5.70. The van der Waals surface area contributed by atoms with Crippen molar-refractivity contribution in [2.75, 3.05) is 0 Å². The number of guanidine groups is 1. The molecule has 0 unspecified atom stereocenters. The highest BCUT2D eigenvalue weighted by Gasteiger charge is 2.22. The molecule has 0 aliphatic rings. The van der Waals surface area contributed by atoms with Crippen LogP contribution in [0.2, 0.25) is 0 Å². The van der Waals surface area contributed by atoms with Crippen LogP contribution in [-0.2, 0) is 0 Å². The zero-order valence-electron chi connectivity index (χ0n) is 23.1. The van der Waals surface area contributed by atoms with E-state index in [1.54, 1.807) is 32.9 Å². The van der Waals surface area contributed by atoms with Gasteiger partial charge in [0.15, 0.2) is 5.96 Å². The van der Waals surface area contributed by atoms with Crippen molar-refractivity contribution in [1.82, 2.24) is 0 Å². The van der Waals surface area contributed by atoms with E-state index in [2.05, 4.69) is 4.99 Å². The smallest absolute Gasteiger partial charge is 0.280 e. The third-order valence-electron chi connectivity index (χ3n) is 6.06. The van der Waals surface area contributed by atoms with Crippen molar-refractivity contribution in [3.8, 4) is 0 Å². The summed E-state index contributed by atoms with van der Waals surface area (Å²) in [4.78, 5) is 47.8. The molecule has 0 aromatic heterocycles. The van der Waals surface area contributed by atoms with Crippen LogP contribution < -0.4 is 11.5 Å². The summed E-state index contributed by atoms with van der Waals surface area (Å²) >= 11 is 5.41. The summed E-state index contributed by atoms with van der Waals surface area (Å²) in [5.74, 6) is -1.08. The molecule has 0 heterocycles. The first-order chi connectivity index (χ1) is 17.9. The number of amides is 1. The van der Waals surface area contributed by atoms with E-state index in [0.29, 0.717) is 22.3 Å². The lowest BCUT2D eigenvalue weighted by Crippen LogP contribution is -2.24. The first-order valence-corrected chi connectivity index (χ1v) is 12.0. The van der Waals surface area contributed by atoms with Gasteiger partial charge < -0.3 is 11.5 Å². The second-order valence-corrected chi connectivity index (χ2v) is 9.59. The van der Waals surface area contributed by atoms with E-state index in [0.717, 1.165) is 22.3 Å². The number of nitrogens with zero attached hydrogens (tertiary/aromatic N) is 3. The standard InChI is InChI=1S/C14H18N4O3.C13H14ClNO3/c1-7(2)9(4)11-5-8(3)10(6-12(11)18(20)21)13(19)17-14(15)16;1-7(2)9(4)11-5-8(3)10(13(14)16)6-12(11)15(17)18/h5-6H,1-4H3,(H4,15,16,17,19);5-6H,1-4H3. The van der Waals surface area contributed by atoms with E-state index in [9.17, 15) is 29.8 Å². The number of nitrogens with two attached hydrogens (primary N) is 2. The molecule has 39 heavy (non-hydrogen) atoms. The van der Waals surface area contributed by atoms with Crippen LogP contribution in [0.3, 0.4) is 0 Å². The molecular weight excluding hydrogens is 526 g/mol. The number of aliphatic imine (C=N–C) groups is 1. The lowest BCUT2D eigenvalue weighted by molar-refractivity contribution is -0.385. The van der Waals surface area contributed by atoms with Crippen molar-refractivity contribution in [1.29, 1.82) is 0 Å². The van der Waals surface area contributed by atoms with Gasteiger partial charge in [-0.25, -0.2) is 0 Å². The lowest BCUT2D eigenvalue weighted by atomic mass is 9.96. The first-order valence-electron chi connectivity index (χ1n) is 11.6. The molecule has 208 valence electrons. The molecule has 0 aliphatic carbocycles. The Morgan fingerprint density at radius 3 is 1.38 bits per heavy atom. The van der Waals surface area contributed by atoms with E-state index >= 15 is 0 Å². The van der Waals surface area contributed by atoms with Gasteiger partial charge in [-0.3, -0.25) is 29.8 Å². The van der Waals surface area contributed by atoms with Gasteiger partial charge in [0.25, 0.3) is 22.5 Å². The van der Waals surface area contributed by atoms with E-state index in [-0.39, 0.29) is 28.5 Å². The van der Waals surface area contributed by atoms with E-state index < -0.39 is 21.0 Å². The Labute approximate surface area is 231 Å². The van der Waals surface area contributed by atoms with Crippen LogP contribution >= 0.6 is 11.6 Å². The molecular formula is C27H32ClN5O6. The van der Waals surface area contributed by atoms with Crippen LogP contribution in [0.1, 0.15) is 84.5 Å². The molecule has 0 bridgehead atoms. The Balaban J connectivity index is 0.000000395. The minimum Gasteiger partial charge on any atom is -0.370 e. The number of carbonyl (C=O) groups excluding carboxylic acids is 2. The van der Waals surface area contributed by atoms with Crippen LogP contribution in [0.5, 0.6) is 0 Å². The van der Waals surface area contributed by atoms with Crippen LogP contribution in [-0.4, -0.2) is 27.0 Å². The Morgan fingerprint density at radius 1 is 0.718 bits per heavy atom. The first kappa shape index (κ1) is 32.6. The van der Waals surface area contributed by atoms with Gasteiger partial charge >= 0.3 is 0 Å². The zero-order chi connectivity index (χ0) is 30.4. The minimum atomic E-state index is -0.697. The van der Waals surface area contributed by atoms with Crippen molar-refractivity contribution in [3.05, 3.63) is 89.0 Å². The van der Waals surface area contributed by atoms with Gasteiger partial charge in [-0.1, -0.05) is 11.1 Å². The highest BCUT2D eigenvalue weighted by atomic mass is 35.5. The lowest BCUT2D eigenvalue weighted by Gasteiger charge is -2.09. The Hall–Kier alpha value is -4.38. The average molecular weight is 558 g/mol. The molecule has 2 aromatic rings. The molecule has 12 heteroatoms. The van der Waals surface area contributed by atoms with Gasteiger partial charge in [0.05, 0.1) is 26.5 Å². The number of benzene rings is 2. The third-order valence-corrected chi connectivity index (χ3v) is 6.26. The maximum atomic E-state index is 11.9. The zero-order valence-corrected chi connectivity index (χ0v) is 23.9.